The predicted molar refractivity (Wildman–Crippen MR) is 120 cm³/mol. The summed E-state index contributed by atoms with van der Waals surface area (Å²) in [6.45, 7) is 5.24. The quantitative estimate of drug-likeness (QED) is 0.679. The highest BCUT2D eigenvalue weighted by Gasteiger charge is 2.29. The lowest BCUT2D eigenvalue weighted by Gasteiger charge is -2.32. The van der Waals surface area contributed by atoms with Gasteiger partial charge in [0.25, 0.3) is 5.91 Å². The molecule has 1 aliphatic rings. The number of carbonyl (C=O) groups is 2. The van der Waals surface area contributed by atoms with Crippen molar-refractivity contribution >= 4 is 22.6 Å². The standard InChI is InChI=1S/C26H28N2O2/c1-18-8-3-5-11-22(18)26(30)28-16-14-21(15-17-28)25(29)27-19(2)23-13-7-10-20-9-4-6-12-24(20)23/h3-13,19,21H,14-17H2,1-2H3,(H,27,29). The summed E-state index contributed by atoms with van der Waals surface area (Å²) in [5.74, 6) is 0.0952. The van der Waals surface area contributed by atoms with Gasteiger partial charge in [0.1, 0.15) is 0 Å². The van der Waals surface area contributed by atoms with Crippen molar-refractivity contribution in [1.29, 1.82) is 0 Å². The first-order valence-electron chi connectivity index (χ1n) is 10.7. The molecule has 0 bridgehead atoms. The number of hydrogen-bond donors (Lipinski definition) is 1. The van der Waals surface area contributed by atoms with Gasteiger partial charge in [-0.05, 0) is 54.7 Å². The number of likely N-dealkylation sites (tertiary alicyclic amines) is 1. The van der Waals surface area contributed by atoms with E-state index in [-0.39, 0.29) is 23.8 Å². The number of fused-ring (bicyclic) bond motifs is 1. The van der Waals surface area contributed by atoms with Crippen LogP contribution in [0.15, 0.2) is 66.7 Å². The molecule has 154 valence electrons. The van der Waals surface area contributed by atoms with Gasteiger partial charge in [-0.2, -0.15) is 0 Å². The van der Waals surface area contributed by atoms with E-state index >= 15 is 0 Å². The second kappa shape index (κ2) is 8.70. The number of nitrogens with zero attached hydrogens (tertiary/aromatic N) is 1. The summed E-state index contributed by atoms with van der Waals surface area (Å²) in [6.07, 6.45) is 1.40. The average molecular weight is 401 g/mol. The Kier molecular flexibility index (Phi) is 5.84. The fourth-order valence-electron chi connectivity index (χ4n) is 4.37. The van der Waals surface area contributed by atoms with Crippen LogP contribution in [0.1, 0.15) is 47.3 Å². The Morgan fingerprint density at radius 1 is 0.933 bits per heavy atom. The molecule has 1 N–H and O–H groups in total. The van der Waals surface area contributed by atoms with Gasteiger partial charge in [0.15, 0.2) is 0 Å². The van der Waals surface area contributed by atoms with E-state index in [0.29, 0.717) is 25.9 Å². The van der Waals surface area contributed by atoms with Crippen LogP contribution in [0.4, 0.5) is 0 Å². The van der Waals surface area contributed by atoms with Crippen LogP contribution < -0.4 is 5.32 Å². The molecule has 0 radical (unpaired) electrons. The lowest BCUT2D eigenvalue weighted by molar-refractivity contribution is -0.126. The molecule has 4 heteroatoms. The maximum atomic E-state index is 12.9. The molecular weight excluding hydrogens is 372 g/mol. The van der Waals surface area contributed by atoms with Crippen molar-refractivity contribution < 1.29 is 9.59 Å². The molecule has 1 atom stereocenters. The van der Waals surface area contributed by atoms with Crippen LogP contribution in [0, 0.1) is 12.8 Å². The van der Waals surface area contributed by atoms with Crippen molar-refractivity contribution in [3.05, 3.63) is 83.4 Å². The molecule has 0 saturated carbocycles. The van der Waals surface area contributed by atoms with Crippen LogP contribution in [0.25, 0.3) is 10.8 Å². The lowest BCUT2D eigenvalue weighted by atomic mass is 9.93. The van der Waals surface area contributed by atoms with Crippen LogP contribution >= 0.6 is 0 Å². The molecule has 4 rings (SSSR count). The van der Waals surface area contributed by atoms with Gasteiger partial charge >= 0.3 is 0 Å². The fourth-order valence-corrected chi connectivity index (χ4v) is 4.37. The minimum atomic E-state index is -0.0600. The molecule has 4 nitrogen and oxygen atoms in total. The maximum absolute atomic E-state index is 12.9. The van der Waals surface area contributed by atoms with E-state index in [0.717, 1.165) is 16.7 Å². The van der Waals surface area contributed by atoms with E-state index in [9.17, 15) is 9.59 Å². The number of benzene rings is 3. The van der Waals surface area contributed by atoms with E-state index in [4.69, 9.17) is 0 Å². The van der Waals surface area contributed by atoms with E-state index in [1.54, 1.807) is 0 Å². The summed E-state index contributed by atoms with van der Waals surface area (Å²) in [6, 6.07) is 22.1. The zero-order valence-electron chi connectivity index (χ0n) is 17.6. The van der Waals surface area contributed by atoms with Gasteiger partial charge in [0.05, 0.1) is 6.04 Å². The van der Waals surface area contributed by atoms with Crippen molar-refractivity contribution in [2.75, 3.05) is 13.1 Å². The third kappa shape index (κ3) is 4.09. The second-order valence-corrected chi connectivity index (χ2v) is 8.18. The van der Waals surface area contributed by atoms with Crippen LogP contribution in [0.5, 0.6) is 0 Å². The molecule has 1 saturated heterocycles. The van der Waals surface area contributed by atoms with E-state index in [1.807, 2.05) is 61.2 Å². The normalized spacial score (nSPS) is 15.7. The Balaban J connectivity index is 1.37. The molecule has 1 aliphatic heterocycles. The zero-order valence-corrected chi connectivity index (χ0v) is 17.6. The number of nitrogens with one attached hydrogen (secondary N) is 1. The SMILES string of the molecule is Cc1ccccc1C(=O)N1CCC(C(=O)NC(C)c2cccc3ccccc23)CC1. The van der Waals surface area contributed by atoms with Crippen LogP contribution in [-0.4, -0.2) is 29.8 Å². The third-order valence-electron chi connectivity index (χ3n) is 6.18. The molecule has 3 aromatic carbocycles. The molecule has 2 amide bonds. The van der Waals surface area contributed by atoms with Gasteiger partial charge in [-0.3, -0.25) is 9.59 Å². The highest BCUT2D eigenvalue weighted by atomic mass is 16.2. The zero-order chi connectivity index (χ0) is 21.1. The Labute approximate surface area is 177 Å². The summed E-state index contributed by atoms with van der Waals surface area (Å²) in [5.41, 5.74) is 2.88. The topological polar surface area (TPSA) is 49.4 Å². The molecule has 1 fully saturated rings. The second-order valence-electron chi connectivity index (χ2n) is 8.18. The number of piperidine rings is 1. The molecule has 30 heavy (non-hydrogen) atoms. The van der Waals surface area contributed by atoms with Gasteiger partial charge in [-0.15, -0.1) is 0 Å². The summed E-state index contributed by atoms with van der Waals surface area (Å²) in [5, 5.41) is 5.55. The molecular formula is C26H28N2O2. The number of carbonyl (C=O) groups excluding carboxylic acids is 2. The first-order chi connectivity index (χ1) is 14.5. The third-order valence-corrected chi connectivity index (χ3v) is 6.18. The predicted octanol–water partition coefficient (Wildman–Crippen LogP) is 4.88. The first-order valence-corrected chi connectivity index (χ1v) is 10.7. The van der Waals surface area contributed by atoms with Gasteiger partial charge in [-0.25, -0.2) is 0 Å². The Morgan fingerprint density at radius 3 is 2.37 bits per heavy atom. The lowest BCUT2D eigenvalue weighted by Crippen LogP contribution is -2.43. The highest BCUT2D eigenvalue weighted by molar-refractivity contribution is 5.95. The average Bonchev–Trinajstić information content (AvgIpc) is 2.78. The number of aryl methyl sites for hydroxylation is 1. The van der Waals surface area contributed by atoms with E-state index in [2.05, 4.69) is 29.6 Å². The molecule has 1 unspecified atom stereocenters. The van der Waals surface area contributed by atoms with E-state index in [1.165, 1.54) is 10.8 Å². The largest absolute Gasteiger partial charge is 0.349 e. The van der Waals surface area contributed by atoms with Gasteiger partial charge < -0.3 is 10.2 Å². The van der Waals surface area contributed by atoms with Gasteiger partial charge in [0.2, 0.25) is 5.91 Å². The molecule has 0 aliphatic carbocycles. The van der Waals surface area contributed by atoms with Crippen LogP contribution in [-0.2, 0) is 4.79 Å². The molecule has 3 aromatic rings. The maximum Gasteiger partial charge on any atom is 0.254 e. The van der Waals surface area contributed by atoms with E-state index < -0.39 is 0 Å². The van der Waals surface area contributed by atoms with Crippen molar-refractivity contribution in [2.45, 2.75) is 32.7 Å². The Hall–Kier alpha value is -3.14. The van der Waals surface area contributed by atoms with Crippen molar-refractivity contribution in [3.8, 4) is 0 Å². The summed E-state index contributed by atoms with van der Waals surface area (Å²) in [7, 11) is 0. The Morgan fingerprint density at radius 2 is 1.60 bits per heavy atom. The number of hydrogen-bond acceptors (Lipinski definition) is 2. The molecule has 0 spiro atoms. The number of rotatable bonds is 4. The summed E-state index contributed by atoms with van der Waals surface area (Å²) < 4.78 is 0. The minimum absolute atomic E-state index is 0.0525. The van der Waals surface area contributed by atoms with Gasteiger partial charge in [-0.1, -0.05) is 60.7 Å². The minimum Gasteiger partial charge on any atom is -0.349 e. The van der Waals surface area contributed by atoms with Crippen LogP contribution in [0.2, 0.25) is 0 Å². The van der Waals surface area contributed by atoms with Crippen LogP contribution in [0.3, 0.4) is 0 Å². The summed E-state index contributed by atoms with van der Waals surface area (Å²) in [4.78, 5) is 27.6. The van der Waals surface area contributed by atoms with Gasteiger partial charge in [0, 0.05) is 24.6 Å². The highest BCUT2D eigenvalue weighted by Crippen LogP contribution is 2.26. The number of amides is 2. The molecule has 0 aromatic heterocycles. The van der Waals surface area contributed by atoms with Crippen molar-refractivity contribution in [1.82, 2.24) is 10.2 Å². The smallest absolute Gasteiger partial charge is 0.254 e. The van der Waals surface area contributed by atoms with Crippen molar-refractivity contribution in [3.63, 3.8) is 0 Å². The summed E-state index contributed by atoms with van der Waals surface area (Å²) >= 11 is 0. The molecule has 1 heterocycles. The first kappa shape index (κ1) is 20.1. The Bertz CT molecular complexity index is 1060. The van der Waals surface area contributed by atoms with Crippen molar-refractivity contribution in [2.24, 2.45) is 5.92 Å². The fraction of sp³-hybridized carbons (Fsp3) is 0.308. The monoisotopic (exact) mass is 400 g/mol.